The number of allylic oxidation sites excluding steroid dienone is 1. The summed E-state index contributed by atoms with van der Waals surface area (Å²) in [5, 5.41) is 22.4. The minimum atomic E-state index is -0.901. The van der Waals surface area contributed by atoms with E-state index in [0.717, 1.165) is 6.07 Å². The van der Waals surface area contributed by atoms with Gasteiger partial charge in [0.05, 0.1) is 23.2 Å². The van der Waals surface area contributed by atoms with Gasteiger partial charge in [0.1, 0.15) is 35.7 Å². The number of fused-ring (bicyclic) bond motifs is 1. The van der Waals surface area contributed by atoms with Crippen LogP contribution in [0.1, 0.15) is 64.6 Å². The summed E-state index contributed by atoms with van der Waals surface area (Å²) in [5.74, 6) is -1.96. The van der Waals surface area contributed by atoms with Gasteiger partial charge >= 0.3 is 6.09 Å². The van der Waals surface area contributed by atoms with E-state index in [1.807, 2.05) is 6.92 Å². The number of hydrogen-bond donors (Lipinski definition) is 4. The van der Waals surface area contributed by atoms with Crippen molar-refractivity contribution in [2.24, 2.45) is 11.5 Å². The SMILES string of the molecule is CCn1nc(C)cc1C(=O)Nc1nc2cc(C(N)=O)cc(OC)c2n1C/C=C/CNc1c(OC/C=C/CN2CCN(C(=O)OC(C)(C)C)CC2=O)cc(C(N)=O)cc1[N+](=O)[O-]. The number of carbonyl (C=O) groups excluding carboxylic acids is 5. The lowest BCUT2D eigenvalue weighted by molar-refractivity contribution is -0.384. The number of nitrogens with two attached hydrogens (primary N) is 2. The third-order valence-electron chi connectivity index (χ3n) is 9.18. The van der Waals surface area contributed by atoms with E-state index in [9.17, 15) is 34.1 Å². The third-order valence-corrected chi connectivity index (χ3v) is 9.18. The zero-order valence-electron chi connectivity index (χ0n) is 34.7. The van der Waals surface area contributed by atoms with Gasteiger partial charge in [-0.15, -0.1) is 0 Å². The van der Waals surface area contributed by atoms with Crippen LogP contribution in [0.4, 0.5) is 22.1 Å². The molecule has 1 aliphatic heterocycles. The number of nitro groups is 1. The molecule has 21 heteroatoms. The molecule has 2 aromatic carbocycles. The van der Waals surface area contributed by atoms with E-state index in [2.05, 4.69) is 20.7 Å². The number of aromatic nitrogens is 4. The van der Waals surface area contributed by atoms with Gasteiger partial charge < -0.3 is 40.5 Å². The normalized spacial score (nSPS) is 13.2. The molecular formula is C40H49N11O10. The number of hydrogen-bond acceptors (Lipinski definition) is 13. The summed E-state index contributed by atoms with van der Waals surface area (Å²) < 4.78 is 20.1. The van der Waals surface area contributed by atoms with Crippen LogP contribution >= 0.6 is 0 Å². The number of nitrogens with one attached hydrogen (secondary N) is 2. The van der Waals surface area contributed by atoms with Gasteiger partial charge in [0, 0.05) is 56.5 Å². The Morgan fingerprint density at radius 1 is 0.967 bits per heavy atom. The molecule has 21 nitrogen and oxygen atoms in total. The van der Waals surface area contributed by atoms with E-state index in [0.29, 0.717) is 42.1 Å². The number of nitrogens with zero attached hydrogens (tertiary/aromatic N) is 7. The Labute approximate surface area is 350 Å². The molecule has 2 aromatic heterocycles. The zero-order valence-corrected chi connectivity index (χ0v) is 34.7. The van der Waals surface area contributed by atoms with E-state index in [-0.39, 0.29) is 73.0 Å². The van der Waals surface area contributed by atoms with Gasteiger partial charge in [-0.3, -0.25) is 44.2 Å². The molecule has 1 fully saturated rings. The molecule has 0 atom stereocenters. The zero-order chi connectivity index (χ0) is 44.6. The largest absolute Gasteiger partial charge is 0.494 e. The maximum absolute atomic E-state index is 13.5. The van der Waals surface area contributed by atoms with Crippen LogP contribution in [0.2, 0.25) is 0 Å². The van der Waals surface area contributed by atoms with Gasteiger partial charge in [-0.05, 0) is 65.0 Å². The lowest BCUT2D eigenvalue weighted by atomic mass is 10.1. The summed E-state index contributed by atoms with van der Waals surface area (Å²) >= 11 is 0. The monoisotopic (exact) mass is 843 g/mol. The first kappa shape index (κ1) is 44.6. The molecule has 3 heterocycles. The number of rotatable bonds is 17. The fraction of sp³-hybridized carbons (Fsp3) is 0.375. The Hall–Kier alpha value is -7.45. The first-order chi connectivity index (χ1) is 28.9. The van der Waals surface area contributed by atoms with Crippen LogP contribution in [0.25, 0.3) is 11.0 Å². The van der Waals surface area contributed by atoms with Crippen molar-refractivity contribution in [3.05, 3.63) is 87.3 Å². The molecule has 0 aliphatic carbocycles. The van der Waals surface area contributed by atoms with Gasteiger partial charge in [0.25, 0.3) is 11.6 Å². The molecule has 0 spiro atoms. The van der Waals surface area contributed by atoms with Crippen molar-refractivity contribution in [3.63, 3.8) is 0 Å². The average Bonchev–Trinajstić information content (AvgIpc) is 3.75. The highest BCUT2D eigenvalue weighted by Gasteiger charge is 2.30. The maximum Gasteiger partial charge on any atom is 0.410 e. The number of carbonyl (C=O) groups is 5. The molecule has 0 saturated carbocycles. The highest BCUT2D eigenvalue weighted by Crippen LogP contribution is 2.36. The molecule has 324 valence electrons. The number of piperazine rings is 1. The third kappa shape index (κ3) is 11.0. The fourth-order valence-electron chi connectivity index (χ4n) is 6.33. The Balaban J connectivity index is 1.31. The smallest absolute Gasteiger partial charge is 0.410 e. The van der Waals surface area contributed by atoms with E-state index in [1.54, 1.807) is 72.2 Å². The molecule has 1 saturated heterocycles. The molecule has 6 N–H and O–H groups in total. The minimum absolute atomic E-state index is 0.0222. The van der Waals surface area contributed by atoms with Gasteiger partial charge in [-0.25, -0.2) is 9.78 Å². The van der Waals surface area contributed by atoms with Crippen LogP contribution < -0.4 is 31.6 Å². The quantitative estimate of drug-likeness (QED) is 0.0673. The van der Waals surface area contributed by atoms with Gasteiger partial charge in [0.15, 0.2) is 11.4 Å². The van der Waals surface area contributed by atoms with E-state index < -0.39 is 40.0 Å². The summed E-state index contributed by atoms with van der Waals surface area (Å²) in [6.45, 7) is 10.1. The molecule has 0 bridgehead atoms. The second kappa shape index (κ2) is 19.1. The standard InChI is InChI=1S/C40H49N11O10/c1-7-50-29(18-24(2)46-50)37(55)45-38-44-27-19-25(35(41)53)22-31(59-6)34(27)49(38)14-9-8-12-43-33-28(51(57)58)20-26(36(42)54)21-30(33)60-17-11-10-13-47-15-16-48(23-32(47)52)39(56)61-40(3,4)5/h8-11,18-22,43H,7,12-17,23H2,1-6H3,(H2,41,53)(H2,42,54)(H,44,45,55)/b9-8+,11-10+. The number of methoxy groups -OCH3 is 1. The number of anilines is 2. The van der Waals surface area contributed by atoms with Crippen molar-refractivity contribution in [3.8, 4) is 11.5 Å². The maximum atomic E-state index is 13.5. The van der Waals surface area contributed by atoms with Gasteiger partial charge in [-0.2, -0.15) is 5.10 Å². The summed E-state index contributed by atoms with van der Waals surface area (Å²) in [5.41, 5.74) is 11.6. The molecule has 4 aromatic rings. The Kier molecular flexibility index (Phi) is 14.0. The van der Waals surface area contributed by atoms with E-state index in [1.165, 1.54) is 30.2 Å². The molecular weight excluding hydrogens is 795 g/mol. The number of aryl methyl sites for hydroxylation is 2. The molecule has 5 amide bonds. The van der Waals surface area contributed by atoms with Crippen molar-refractivity contribution in [1.82, 2.24) is 29.1 Å². The van der Waals surface area contributed by atoms with Crippen molar-refractivity contribution in [2.75, 3.05) is 57.1 Å². The van der Waals surface area contributed by atoms with Crippen molar-refractivity contribution in [1.29, 1.82) is 0 Å². The summed E-state index contributed by atoms with van der Waals surface area (Å²) in [4.78, 5) is 81.8. The highest BCUT2D eigenvalue weighted by molar-refractivity contribution is 6.04. The van der Waals surface area contributed by atoms with Crippen molar-refractivity contribution in [2.45, 2.75) is 53.3 Å². The van der Waals surface area contributed by atoms with E-state index in [4.69, 9.17) is 25.7 Å². The number of amides is 5. The van der Waals surface area contributed by atoms with Crippen LogP contribution in [0.15, 0.2) is 54.6 Å². The summed E-state index contributed by atoms with van der Waals surface area (Å²) in [6.07, 6.45) is 6.12. The second-order valence-electron chi connectivity index (χ2n) is 14.8. The lowest BCUT2D eigenvalue weighted by Crippen LogP contribution is -2.53. The Morgan fingerprint density at radius 2 is 1.66 bits per heavy atom. The van der Waals surface area contributed by atoms with Crippen LogP contribution in [0.3, 0.4) is 0 Å². The number of nitro benzene ring substituents is 1. The number of ether oxygens (including phenoxy) is 3. The van der Waals surface area contributed by atoms with Crippen LogP contribution in [-0.2, 0) is 22.6 Å². The fourth-order valence-corrected chi connectivity index (χ4v) is 6.33. The minimum Gasteiger partial charge on any atom is -0.494 e. The summed E-state index contributed by atoms with van der Waals surface area (Å²) in [7, 11) is 1.42. The van der Waals surface area contributed by atoms with Gasteiger partial charge in [-0.1, -0.05) is 18.2 Å². The first-order valence-corrected chi connectivity index (χ1v) is 19.2. The lowest BCUT2D eigenvalue weighted by Gasteiger charge is -2.34. The van der Waals surface area contributed by atoms with Crippen LogP contribution in [0, 0.1) is 17.0 Å². The first-order valence-electron chi connectivity index (χ1n) is 19.2. The van der Waals surface area contributed by atoms with Crippen LogP contribution in [0.5, 0.6) is 11.5 Å². The Morgan fingerprint density at radius 3 is 2.30 bits per heavy atom. The molecule has 0 radical (unpaired) electrons. The number of imidazole rings is 1. The summed E-state index contributed by atoms with van der Waals surface area (Å²) in [6, 6.07) is 6.94. The number of primary amides is 2. The molecule has 1 aliphatic rings. The second-order valence-corrected chi connectivity index (χ2v) is 14.8. The Bertz CT molecular complexity index is 2410. The van der Waals surface area contributed by atoms with Crippen LogP contribution in [-0.4, -0.2) is 116 Å². The molecule has 5 rings (SSSR count). The number of benzene rings is 2. The molecule has 61 heavy (non-hydrogen) atoms. The average molecular weight is 844 g/mol. The topological polar surface area (TPSA) is 274 Å². The van der Waals surface area contributed by atoms with Crippen molar-refractivity contribution >= 4 is 58.1 Å². The highest BCUT2D eigenvalue weighted by atomic mass is 16.6. The van der Waals surface area contributed by atoms with Crippen molar-refractivity contribution < 1.29 is 43.1 Å². The van der Waals surface area contributed by atoms with Gasteiger partial charge in [0.2, 0.25) is 23.7 Å². The van der Waals surface area contributed by atoms with E-state index >= 15 is 0 Å². The predicted octanol–water partition coefficient (Wildman–Crippen LogP) is 3.61. The predicted molar refractivity (Wildman–Crippen MR) is 224 cm³/mol. The molecule has 0 unspecified atom stereocenters.